The number of nitrogens with zero attached hydrogens (tertiary/aromatic N) is 3. The van der Waals surface area contributed by atoms with Crippen molar-refractivity contribution in [3.63, 3.8) is 0 Å². The van der Waals surface area contributed by atoms with Crippen LogP contribution in [0.3, 0.4) is 0 Å². The molecule has 4 unspecified atom stereocenters. The zero-order valence-electron chi connectivity index (χ0n) is 19.1. The fraction of sp³-hybridized carbons (Fsp3) is 0.680. The number of hydrogen-bond acceptors (Lipinski definition) is 4. The van der Waals surface area contributed by atoms with E-state index in [0.29, 0.717) is 31.0 Å². The van der Waals surface area contributed by atoms with Crippen molar-refractivity contribution in [2.75, 3.05) is 24.6 Å². The maximum atomic E-state index is 13.4. The molecule has 2 saturated heterocycles. The van der Waals surface area contributed by atoms with E-state index in [4.69, 9.17) is 4.74 Å². The van der Waals surface area contributed by atoms with Crippen LogP contribution in [0.5, 0.6) is 0 Å². The van der Waals surface area contributed by atoms with Crippen molar-refractivity contribution in [2.45, 2.75) is 82.5 Å². The average molecular weight is 444 g/mol. The van der Waals surface area contributed by atoms with E-state index in [0.717, 1.165) is 50.9 Å². The van der Waals surface area contributed by atoms with Gasteiger partial charge in [-0.2, -0.15) is 0 Å². The van der Waals surface area contributed by atoms with Crippen molar-refractivity contribution in [3.05, 3.63) is 30.1 Å². The van der Waals surface area contributed by atoms with Gasteiger partial charge >= 0.3 is 6.09 Å². The van der Waals surface area contributed by atoms with Gasteiger partial charge in [0.2, 0.25) is 5.91 Å². The van der Waals surface area contributed by atoms with Crippen molar-refractivity contribution in [1.82, 2.24) is 9.80 Å². The summed E-state index contributed by atoms with van der Waals surface area (Å²) in [5, 5.41) is 0. The lowest BCUT2D eigenvalue weighted by Gasteiger charge is -2.41. The summed E-state index contributed by atoms with van der Waals surface area (Å²) in [7, 11) is 0. The molecule has 174 valence electrons. The van der Waals surface area contributed by atoms with E-state index in [1.165, 1.54) is 18.6 Å². The first-order valence-corrected chi connectivity index (χ1v) is 12.3. The minimum absolute atomic E-state index is 0.0477. The van der Waals surface area contributed by atoms with Crippen LogP contribution in [0.15, 0.2) is 24.3 Å². The van der Waals surface area contributed by atoms with Gasteiger partial charge in [0.25, 0.3) is 0 Å². The number of ether oxygens (including phenoxy) is 1. The van der Waals surface area contributed by atoms with Crippen LogP contribution in [0.4, 0.5) is 14.9 Å². The number of carbonyl (C=O) groups is 2. The van der Waals surface area contributed by atoms with Gasteiger partial charge in [-0.05, 0) is 75.6 Å². The molecule has 2 aliphatic heterocycles. The highest BCUT2D eigenvalue weighted by Crippen LogP contribution is 2.64. The molecule has 2 aliphatic carbocycles. The van der Waals surface area contributed by atoms with Gasteiger partial charge in [-0.1, -0.05) is 6.92 Å². The maximum Gasteiger partial charge on any atom is 0.410 e. The zero-order chi connectivity index (χ0) is 22.5. The number of halogens is 1. The summed E-state index contributed by atoms with van der Waals surface area (Å²) >= 11 is 0. The fourth-order valence-corrected chi connectivity index (χ4v) is 6.99. The lowest BCUT2D eigenvalue weighted by molar-refractivity contribution is -0.119. The molecule has 0 N–H and O–H groups in total. The predicted molar refractivity (Wildman–Crippen MR) is 120 cm³/mol. The second-order valence-corrected chi connectivity index (χ2v) is 9.80. The Kier molecular flexibility index (Phi) is 5.64. The third-order valence-corrected chi connectivity index (χ3v) is 8.41. The Labute approximate surface area is 189 Å². The molecule has 0 aromatic heterocycles. The summed E-state index contributed by atoms with van der Waals surface area (Å²) in [5.41, 5.74) is 0.836. The third kappa shape index (κ3) is 3.40. The molecule has 1 aromatic carbocycles. The monoisotopic (exact) mass is 443 g/mol. The number of piperidine rings is 2. The number of rotatable bonds is 5. The molecule has 4 aliphatic rings. The predicted octanol–water partition coefficient (Wildman–Crippen LogP) is 4.19. The van der Waals surface area contributed by atoms with Crippen molar-refractivity contribution < 1.29 is 18.7 Å². The van der Waals surface area contributed by atoms with Crippen LogP contribution < -0.4 is 4.90 Å². The largest absolute Gasteiger partial charge is 0.450 e. The number of likely N-dealkylation sites (tertiary alicyclic amines) is 2. The molecule has 2 heterocycles. The van der Waals surface area contributed by atoms with Gasteiger partial charge in [0.1, 0.15) is 5.82 Å². The fourth-order valence-electron chi connectivity index (χ4n) is 6.99. The smallest absolute Gasteiger partial charge is 0.410 e. The Bertz CT molecular complexity index is 870. The van der Waals surface area contributed by atoms with Crippen LogP contribution in [0, 0.1) is 11.7 Å². The van der Waals surface area contributed by atoms with Crippen molar-refractivity contribution in [1.29, 1.82) is 0 Å². The summed E-state index contributed by atoms with van der Waals surface area (Å²) < 4.78 is 18.7. The molecule has 7 heteroatoms. The molecule has 4 atom stereocenters. The molecule has 32 heavy (non-hydrogen) atoms. The summed E-state index contributed by atoms with van der Waals surface area (Å²) in [5.74, 6) is 0.404. The van der Waals surface area contributed by atoms with Gasteiger partial charge in [0.05, 0.1) is 18.2 Å². The Morgan fingerprint density at radius 2 is 1.84 bits per heavy atom. The summed E-state index contributed by atoms with van der Waals surface area (Å²) in [6.07, 6.45) is 6.70. The lowest BCUT2D eigenvalue weighted by atomic mass is 9.98. The second kappa shape index (κ2) is 8.32. The van der Waals surface area contributed by atoms with E-state index in [2.05, 4.69) is 4.90 Å². The van der Waals surface area contributed by atoms with Gasteiger partial charge in [-0.25, -0.2) is 9.18 Å². The first-order chi connectivity index (χ1) is 15.5. The van der Waals surface area contributed by atoms with Crippen molar-refractivity contribution in [2.24, 2.45) is 5.92 Å². The molecule has 0 radical (unpaired) electrons. The molecule has 6 nitrogen and oxygen atoms in total. The Morgan fingerprint density at radius 3 is 2.50 bits per heavy atom. The topological polar surface area (TPSA) is 52.9 Å². The number of hydrogen-bond donors (Lipinski definition) is 0. The van der Waals surface area contributed by atoms with Crippen LogP contribution in [-0.2, 0) is 9.53 Å². The average Bonchev–Trinajstić information content (AvgIpc) is 3.07. The van der Waals surface area contributed by atoms with E-state index < -0.39 is 0 Å². The minimum atomic E-state index is -0.283. The van der Waals surface area contributed by atoms with Gasteiger partial charge in [0, 0.05) is 37.3 Å². The molecule has 2 saturated carbocycles. The van der Waals surface area contributed by atoms with Crippen LogP contribution >= 0.6 is 0 Å². The summed E-state index contributed by atoms with van der Waals surface area (Å²) in [4.78, 5) is 31.7. The van der Waals surface area contributed by atoms with Crippen molar-refractivity contribution in [3.8, 4) is 0 Å². The van der Waals surface area contributed by atoms with Gasteiger partial charge in [-0.3, -0.25) is 9.69 Å². The van der Waals surface area contributed by atoms with E-state index in [9.17, 15) is 14.0 Å². The minimum Gasteiger partial charge on any atom is -0.450 e. The molecule has 4 fully saturated rings. The third-order valence-electron chi connectivity index (χ3n) is 8.41. The second-order valence-electron chi connectivity index (χ2n) is 9.80. The molecular weight excluding hydrogens is 409 g/mol. The number of anilines is 1. The molecule has 1 spiro atoms. The number of amides is 2. The van der Waals surface area contributed by atoms with Crippen LogP contribution in [0.1, 0.15) is 58.8 Å². The van der Waals surface area contributed by atoms with E-state index in [-0.39, 0.29) is 29.4 Å². The standard InChI is InChI=1S/C25H34FN3O3/c1-3-23(30)28(19-8-6-18(26)7-9-19)20-11-13-27(14-12-20)21-15-17-5-10-22-25(17,16-21)29(22)24(31)32-4-2/h6-9,17,20-22H,3-5,10-16H2,1-2H3. The number of carbonyl (C=O) groups excluding carboxylic acids is 2. The normalized spacial score (nSPS) is 31.8. The van der Waals surface area contributed by atoms with Gasteiger partial charge < -0.3 is 14.5 Å². The SMILES string of the molecule is CCOC(=O)N1C2CCC3CC(N4CCC(N(C(=O)CC)c5ccc(F)cc5)CC4)CC321. The highest BCUT2D eigenvalue weighted by Gasteiger charge is 2.75. The first kappa shape index (κ1) is 21.7. The van der Waals surface area contributed by atoms with Crippen LogP contribution in [0.25, 0.3) is 0 Å². The van der Waals surface area contributed by atoms with Gasteiger partial charge in [-0.15, -0.1) is 0 Å². The van der Waals surface area contributed by atoms with Crippen LogP contribution in [-0.4, -0.2) is 65.2 Å². The Hall–Kier alpha value is -2.15. The lowest BCUT2D eigenvalue weighted by Crippen LogP contribution is -2.49. The Balaban J connectivity index is 1.23. The molecule has 1 aromatic rings. The molecule has 5 rings (SSSR count). The highest BCUT2D eigenvalue weighted by atomic mass is 19.1. The molecular formula is C25H34FN3O3. The quantitative estimate of drug-likeness (QED) is 0.641. The molecule has 2 amide bonds. The van der Waals surface area contributed by atoms with E-state index >= 15 is 0 Å². The highest BCUT2D eigenvalue weighted by molar-refractivity contribution is 5.93. The maximum absolute atomic E-state index is 13.4. The molecule has 0 bridgehead atoms. The summed E-state index contributed by atoms with van der Waals surface area (Å²) in [6.45, 7) is 6.09. The zero-order valence-corrected chi connectivity index (χ0v) is 19.1. The van der Waals surface area contributed by atoms with Gasteiger partial charge in [0.15, 0.2) is 0 Å². The number of benzene rings is 1. The van der Waals surface area contributed by atoms with Crippen molar-refractivity contribution >= 4 is 17.7 Å². The van der Waals surface area contributed by atoms with Crippen LogP contribution in [0.2, 0.25) is 0 Å². The summed E-state index contributed by atoms with van der Waals surface area (Å²) in [6, 6.07) is 7.31. The van der Waals surface area contributed by atoms with E-state index in [1.807, 2.05) is 23.6 Å². The first-order valence-electron chi connectivity index (χ1n) is 12.3. The van der Waals surface area contributed by atoms with E-state index in [1.54, 1.807) is 12.1 Å². The Morgan fingerprint density at radius 1 is 1.12 bits per heavy atom.